The number of hydrogen-bond acceptors (Lipinski definition) is 7. The molecule has 5 aromatic carbocycles. The van der Waals surface area contributed by atoms with Crippen LogP contribution in [0.5, 0.6) is 0 Å². The van der Waals surface area contributed by atoms with Crippen molar-refractivity contribution in [1.82, 2.24) is 9.97 Å². The van der Waals surface area contributed by atoms with E-state index >= 15 is 0 Å². The van der Waals surface area contributed by atoms with Crippen LogP contribution in [0.25, 0.3) is 42.7 Å². The first-order valence-corrected chi connectivity index (χ1v) is 24.4. The zero-order valence-electron chi connectivity index (χ0n) is 42.1. The van der Waals surface area contributed by atoms with E-state index in [-0.39, 0.29) is 48.9 Å². The molecule has 8 rings (SSSR count). The van der Waals surface area contributed by atoms with E-state index in [1.54, 1.807) is 17.7 Å². The maximum absolute atomic E-state index is 11.7. The predicted octanol–water partition coefficient (Wildman–Crippen LogP) is 16.2. The Hall–Kier alpha value is -5.14. The minimum absolute atomic E-state index is 0. The van der Waals surface area contributed by atoms with Crippen molar-refractivity contribution >= 4 is 55.2 Å². The monoisotopic (exact) mass is 1090 g/mol. The third-order valence-electron chi connectivity index (χ3n) is 12.7. The number of allylic oxidation sites excluding steroid dienone is 2. The van der Waals surface area contributed by atoms with Gasteiger partial charge in [0.15, 0.2) is 5.78 Å². The van der Waals surface area contributed by atoms with Crippen LogP contribution in [0.3, 0.4) is 0 Å². The molecular weight excluding hydrogens is 1020 g/mol. The summed E-state index contributed by atoms with van der Waals surface area (Å²) in [5.41, 5.74) is 16.8. The number of carbonyl (C=O) groups is 1. The van der Waals surface area contributed by atoms with Gasteiger partial charge in [0.05, 0.1) is 11.3 Å². The average molecular weight is 1090 g/mol. The molecule has 0 saturated heterocycles. The van der Waals surface area contributed by atoms with Gasteiger partial charge in [-0.15, -0.1) is 52.2 Å². The number of aryl methyl sites for hydroxylation is 6. The molecule has 0 atom stereocenters. The van der Waals surface area contributed by atoms with E-state index in [4.69, 9.17) is 9.97 Å². The first-order valence-electron chi connectivity index (χ1n) is 23.6. The smallest absolute Gasteiger partial charge is 0.512 e. The summed E-state index contributed by atoms with van der Waals surface area (Å²) in [6.45, 7) is 30.0. The Morgan fingerprint density at radius 2 is 1.39 bits per heavy atom. The normalized spacial score (nSPS) is 12.5. The molecule has 1 N–H and O–H groups in total. The number of aliphatic hydroxyl groups is 1. The zero-order chi connectivity index (χ0) is 48.0. The molecule has 0 radical (unpaired) electrons. The largest absolute Gasteiger partial charge is 3.00 e. The topological polar surface area (TPSA) is 69.6 Å². The van der Waals surface area contributed by atoms with Gasteiger partial charge in [-0.05, 0) is 100 Å². The van der Waals surface area contributed by atoms with E-state index in [2.05, 4.69) is 177 Å². The molecule has 1 aliphatic heterocycles. The molecule has 0 spiro atoms. The molecule has 0 bridgehead atoms. The van der Waals surface area contributed by atoms with Gasteiger partial charge in [0.2, 0.25) is 0 Å². The summed E-state index contributed by atoms with van der Waals surface area (Å²) in [6, 6.07) is 35.2. The maximum Gasteiger partial charge on any atom is 3.00 e. The van der Waals surface area contributed by atoms with Gasteiger partial charge >= 0.3 is 20.1 Å². The number of benzene rings is 5. The van der Waals surface area contributed by atoms with Crippen LogP contribution in [0.1, 0.15) is 113 Å². The van der Waals surface area contributed by atoms with Crippen LogP contribution in [0.2, 0.25) is 0 Å². The van der Waals surface area contributed by atoms with Gasteiger partial charge in [-0.3, -0.25) is 9.78 Å². The zero-order valence-corrected chi connectivity index (χ0v) is 45.3. The average Bonchev–Trinajstić information content (AvgIpc) is 3.79. The fourth-order valence-corrected chi connectivity index (χ4v) is 10.6. The number of nitrogens with zero attached hydrogens (tertiary/aromatic N) is 4. The van der Waals surface area contributed by atoms with Crippen LogP contribution in [0, 0.1) is 72.2 Å². The number of fused-ring (bicyclic) bond motifs is 3. The van der Waals surface area contributed by atoms with Gasteiger partial charge in [-0.1, -0.05) is 121 Å². The number of thiophene rings is 1. The molecule has 0 aliphatic carbocycles. The molecule has 352 valence electrons. The molecular formula is C59H69IrN4O2S. The van der Waals surface area contributed by atoms with E-state index < -0.39 is 0 Å². The minimum Gasteiger partial charge on any atom is -0.512 e. The van der Waals surface area contributed by atoms with Gasteiger partial charge in [-0.2, -0.15) is 29.9 Å². The molecule has 0 amide bonds. The Morgan fingerprint density at radius 3 is 2.00 bits per heavy atom. The second-order valence-corrected chi connectivity index (χ2v) is 20.0. The van der Waals surface area contributed by atoms with Crippen LogP contribution in [-0.4, -0.2) is 27.9 Å². The molecule has 8 heteroatoms. The number of hydrogen-bond donors (Lipinski definition) is 1. The van der Waals surface area contributed by atoms with E-state index in [0.29, 0.717) is 0 Å². The van der Waals surface area contributed by atoms with Crippen LogP contribution in [-0.2, 0) is 30.3 Å². The van der Waals surface area contributed by atoms with Gasteiger partial charge in [0, 0.05) is 44.6 Å². The van der Waals surface area contributed by atoms with Gasteiger partial charge < -0.3 is 14.9 Å². The summed E-state index contributed by atoms with van der Waals surface area (Å²) in [5.74, 6) is 0.547. The van der Waals surface area contributed by atoms with Crippen molar-refractivity contribution in [2.45, 2.75) is 121 Å². The fraction of sp³-hybridized carbons (Fsp3) is 0.356. The van der Waals surface area contributed by atoms with Crippen molar-refractivity contribution in [1.29, 1.82) is 0 Å². The second-order valence-electron chi connectivity index (χ2n) is 18.9. The molecule has 3 heterocycles. The molecule has 0 unspecified atom stereocenters. The van der Waals surface area contributed by atoms with Gasteiger partial charge in [0.25, 0.3) is 0 Å². The summed E-state index contributed by atoms with van der Waals surface area (Å²) < 4.78 is 1.13. The molecule has 0 saturated carbocycles. The fourth-order valence-electron chi connectivity index (χ4n) is 9.21. The van der Waals surface area contributed by atoms with E-state index in [0.717, 1.165) is 58.2 Å². The molecule has 67 heavy (non-hydrogen) atoms. The second kappa shape index (κ2) is 22.8. The molecule has 1 aliphatic rings. The maximum atomic E-state index is 11.7. The summed E-state index contributed by atoms with van der Waals surface area (Å²) in [4.78, 5) is 26.8. The molecule has 6 nitrogen and oxygen atoms in total. The van der Waals surface area contributed by atoms with E-state index in [9.17, 15) is 9.90 Å². The number of aromatic nitrogens is 2. The Balaban J connectivity index is 0.000000209. The Kier molecular flexibility index (Phi) is 18.0. The molecule has 7 aromatic rings. The summed E-state index contributed by atoms with van der Waals surface area (Å²) >= 11 is 1.81. The number of aliphatic hydroxyl groups excluding tert-OH is 1. The Bertz CT molecular complexity index is 2820. The molecule has 2 aromatic heterocycles. The van der Waals surface area contributed by atoms with Crippen LogP contribution < -0.4 is 9.80 Å². The summed E-state index contributed by atoms with van der Waals surface area (Å²) in [5, 5.41) is 12.1. The summed E-state index contributed by atoms with van der Waals surface area (Å²) in [6.07, 6.45) is 6.61. The van der Waals surface area contributed by atoms with Crippen molar-refractivity contribution in [3.63, 3.8) is 0 Å². The first kappa shape index (κ1) is 52.8. The first-order chi connectivity index (χ1) is 31.4. The van der Waals surface area contributed by atoms with Crippen molar-refractivity contribution in [2.24, 2.45) is 11.8 Å². The standard InChI is InChI=1S/C30H29N2S.C16H16N2.C13H24O2.Ir/c1-17-12-18(2)25(19(3)13-17)28-20(4)26-29(33-28)27(32-16-31-26)22-14-21-10-8-9-11-23(21)24(15-22)30(5,6)7;1-12-8-13(2)10-14(9-12)18-11-17(3)15-6-4-5-7-16(15)18;1-5-10(6-2)12(14)9-13(15)11(7-3)8-4;/h8-13,15-16H,1-7H3;4-9,11H,1-3H3;9-11,14H,5-8H2,1-4H3;/q-1;-2;;+3/b;;12-9-;. The van der Waals surface area contributed by atoms with Crippen LogP contribution in [0.15, 0.2) is 97.0 Å². The van der Waals surface area contributed by atoms with Crippen molar-refractivity contribution < 1.29 is 30.0 Å². The number of para-hydroxylation sites is 2. The van der Waals surface area contributed by atoms with E-state index in [1.165, 1.54) is 72.2 Å². The minimum atomic E-state index is 0. The Labute approximate surface area is 418 Å². The summed E-state index contributed by atoms with van der Waals surface area (Å²) in [7, 11) is 2.07. The van der Waals surface area contributed by atoms with Gasteiger partial charge in [0.1, 0.15) is 6.33 Å². The SMILES string of the molecule is CCC(CC)C(=O)/C=C(\O)C(CC)CC.Cc1[c-]c(N2[CH-]N(C)c3ccccc32)cc(C)c1.Cc1cc(C)c(-c2sc3c(-c4[c-]c5ccccc5c(C(C)(C)C)c4)ncnc3c2C)c(C)c1.[Ir+3]. The third kappa shape index (κ3) is 11.9. The quantitative estimate of drug-likeness (QED) is 0.0836. The van der Waals surface area contributed by atoms with Crippen LogP contribution in [0.4, 0.5) is 17.1 Å². The third-order valence-corrected chi connectivity index (χ3v) is 14.0. The van der Waals surface area contributed by atoms with Crippen molar-refractivity contribution in [2.75, 3.05) is 16.8 Å². The van der Waals surface area contributed by atoms with Crippen LogP contribution >= 0.6 is 11.3 Å². The number of ketones is 1. The van der Waals surface area contributed by atoms with Crippen molar-refractivity contribution in [3.05, 3.63) is 155 Å². The van der Waals surface area contributed by atoms with Crippen molar-refractivity contribution in [3.8, 4) is 21.7 Å². The molecule has 0 fully saturated rings. The Morgan fingerprint density at radius 1 is 0.791 bits per heavy atom. The number of anilines is 3. The number of rotatable bonds is 10. The number of carbonyl (C=O) groups excluding carboxylic acids is 1. The van der Waals surface area contributed by atoms with Gasteiger partial charge in [-0.25, -0.2) is 4.98 Å². The van der Waals surface area contributed by atoms with E-state index in [1.807, 2.05) is 27.7 Å². The predicted molar refractivity (Wildman–Crippen MR) is 282 cm³/mol.